The molecule has 0 saturated heterocycles. The average molecular weight is 350 g/mol. The van der Waals surface area contributed by atoms with E-state index in [9.17, 15) is 26.3 Å². The van der Waals surface area contributed by atoms with Crippen LogP contribution in [0.25, 0.3) is 0 Å². The van der Waals surface area contributed by atoms with Gasteiger partial charge in [-0.15, -0.1) is 0 Å². The van der Waals surface area contributed by atoms with Crippen LogP contribution in [-0.2, 0) is 11.5 Å². The van der Waals surface area contributed by atoms with E-state index in [-0.39, 0.29) is 5.33 Å². The van der Waals surface area contributed by atoms with Crippen LogP contribution in [0.5, 0.6) is 0 Å². The molecule has 0 spiro atoms. The molecule has 0 aliphatic heterocycles. The van der Waals surface area contributed by atoms with Crippen LogP contribution in [0.2, 0.25) is 0 Å². The van der Waals surface area contributed by atoms with Gasteiger partial charge in [0.05, 0.1) is 5.56 Å². The number of alkyl halides is 7. The number of hydrogen-bond acceptors (Lipinski definition) is 1. The zero-order valence-corrected chi connectivity index (χ0v) is 11.3. The van der Waals surface area contributed by atoms with E-state index >= 15 is 0 Å². The second-order valence-electron chi connectivity index (χ2n) is 3.95. The van der Waals surface area contributed by atoms with Gasteiger partial charge in [0.25, 0.3) is 0 Å². The molecule has 0 fully saturated rings. The quantitative estimate of drug-likeness (QED) is 0.569. The molecule has 0 atom stereocenters. The van der Waals surface area contributed by atoms with Gasteiger partial charge in [-0.3, -0.25) is 0 Å². The summed E-state index contributed by atoms with van der Waals surface area (Å²) in [7, 11) is 0.978. The molecule has 1 nitrogen and oxygen atoms in total. The Balaban J connectivity index is 3.20. The molecule has 0 aromatic heterocycles. The first-order valence-electron chi connectivity index (χ1n) is 5.08. The van der Waals surface area contributed by atoms with E-state index in [1.807, 2.05) is 0 Å². The summed E-state index contributed by atoms with van der Waals surface area (Å²) >= 11 is 3.01. The van der Waals surface area contributed by atoms with Crippen molar-refractivity contribution >= 4 is 21.6 Å². The van der Waals surface area contributed by atoms with Gasteiger partial charge in [-0.05, 0) is 17.7 Å². The lowest BCUT2D eigenvalue weighted by Crippen LogP contribution is -2.32. The lowest BCUT2D eigenvalue weighted by molar-refractivity contribution is -0.138. The van der Waals surface area contributed by atoms with Crippen molar-refractivity contribution in [3.05, 3.63) is 29.3 Å². The Labute approximate surface area is 114 Å². The summed E-state index contributed by atoms with van der Waals surface area (Å²) < 4.78 is 75.2. The molecular formula is C11H10BrF6N. The highest BCUT2D eigenvalue weighted by Crippen LogP contribution is 2.38. The minimum atomic E-state index is -4.70. The maximum absolute atomic E-state index is 12.8. The van der Waals surface area contributed by atoms with Gasteiger partial charge in [-0.2, -0.15) is 26.3 Å². The summed E-state index contributed by atoms with van der Waals surface area (Å²) in [5.41, 5.74) is -1.22. The van der Waals surface area contributed by atoms with Crippen molar-refractivity contribution in [3.8, 4) is 0 Å². The minimum Gasteiger partial charge on any atom is -0.365 e. The van der Waals surface area contributed by atoms with Crippen molar-refractivity contribution in [2.75, 3.05) is 18.5 Å². The van der Waals surface area contributed by atoms with Crippen molar-refractivity contribution in [1.82, 2.24) is 0 Å². The Morgan fingerprint density at radius 1 is 1.11 bits per heavy atom. The fourth-order valence-electron chi connectivity index (χ4n) is 1.58. The third kappa shape index (κ3) is 4.59. The van der Waals surface area contributed by atoms with Gasteiger partial charge in [-0.25, -0.2) is 0 Å². The molecule has 0 aliphatic rings. The van der Waals surface area contributed by atoms with Gasteiger partial charge < -0.3 is 4.90 Å². The summed E-state index contributed by atoms with van der Waals surface area (Å²) in [4.78, 5) is 0.542. The minimum absolute atomic E-state index is 0.194. The van der Waals surface area contributed by atoms with Gasteiger partial charge >= 0.3 is 12.4 Å². The SMILES string of the molecule is CN(CC(F)(F)F)c1ccc(CBr)cc1C(F)(F)F. The topological polar surface area (TPSA) is 3.24 Å². The fraction of sp³-hybridized carbons (Fsp3) is 0.455. The van der Waals surface area contributed by atoms with Gasteiger partial charge in [0, 0.05) is 18.1 Å². The molecule has 0 unspecified atom stereocenters. The number of rotatable bonds is 3. The molecule has 108 valence electrons. The molecule has 0 radical (unpaired) electrons. The lowest BCUT2D eigenvalue weighted by Gasteiger charge is -2.25. The van der Waals surface area contributed by atoms with E-state index in [0.29, 0.717) is 10.5 Å². The van der Waals surface area contributed by atoms with Crippen LogP contribution < -0.4 is 4.90 Å². The molecule has 0 aliphatic carbocycles. The Bertz CT molecular complexity index is 440. The monoisotopic (exact) mass is 349 g/mol. The first kappa shape index (κ1) is 16.1. The number of nitrogens with zero attached hydrogens (tertiary/aromatic N) is 1. The van der Waals surface area contributed by atoms with Gasteiger partial charge in [-0.1, -0.05) is 22.0 Å². The highest BCUT2D eigenvalue weighted by Gasteiger charge is 2.37. The van der Waals surface area contributed by atoms with Crippen molar-refractivity contribution in [1.29, 1.82) is 0 Å². The Kier molecular flexibility index (Phi) is 4.76. The zero-order chi connectivity index (χ0) is 14.8. The van der Waals surface area contributed by atoms with Gasteiger partial charge in [0.15, 0.2) is 0 Å². The summed E-state index contributed by atoms with van der Waals surface area (Å²) in [6.07, 6.45) is -9.26. The van der Waals surface area contributed by atoms with E-state index in [1.165, 1.54) is 6.07 Å². The first-order valence-corrected chi connectivity index (χ1v) is 6.20. The maximum atomic E-state index is 12.8. The van der Waals surface area contributed by atoms with Crippen LogP contribution in [0.15, 0.2) is 18.2 Å². The number of hydrogen-bond donors (Lipinski definition) is 0. The molecule has 0 heterocycles. The van der Waals surface area contributed by atoms with E-state index in [4.69, 9.17) is 0 Å². The van der Waals surface area contributed by atoms with Crippen LogP contribution in [0, 0.1) is 0 Å². The van der Waals surface area contributed by atoms with E-state index in [1.54, 1.807) is 0 Å². The molecule has 0 bridgehead atoms. The third-order valence-corrected chi connectivity index (χ3v) is 3.00. The highest BCUT2D eigenvalue weighted by molar-refractivity contribution is 9.08. The first-order chi connectivity index (χ1) is 8.54. The standard InChI is InChI=1S/C11H10BrF6N/c1-19(6-10(13,14)15)9-3-2-7(5-12)4-8(9)11(16,17)18/h2-4H,5-6H2,1H3. The smallest absolute Gasteiger partial charge is 0.365 e. The van der Waals surface area contributed by atoms with E-state index in [0.717, 1.165) is 19.2 Å². The summed E-state index contributed by atoms with van der Waals surface area (Å²) in [6, 6.07) is 3.24. The molecule has 0 amide bonds. The van der Waals surface area contributed by atoms with Crippen LogP contribution in [0.3, 0.4) is 0 Å². The summed E-state index contributed by atoms with van der Waals surface area (Å²) in [6.45, 7) is -1.44. The highest BCUT2D eigenvalue weighted by atomic mass is 79.9. The van der Waals surface area contributed by atoms with Crippen molar-refractivity contribution in [3.63, 3.8) is 0 Å². The predicted molar refractivity (Wildman–Crippen MR) is 63.4 cm³/mol. The summed E-state index contributed by atoms with van der Waals surface area (Å²) in [5.74, 6) is 0. The average Bonchev–Trinajstić information content (AvgIpc) is 2.24. The molecule has 19 heavy (non-hydrogen) atoms. The van der Waals surface area contributed by atoms with Gasteiger partial charge in [0.1, 0.15) is 6.54 Å². The normalized spacial score (nSPS) is 12.6. The Morgan fingerprint density at radius 3 is 2.11 bits per heavy atom. The van der Waals surface area contributed by atoms with Crippen molar-refractivity contribution in [2.45, 2.75) is 17.7 Å². The fourth-order valence-corrected chi connectivity index (χ4v) is 1.93. The zero-order valence-electron chi connectivity index (χ0n) is 9.74. The molecule has 0 N–H and O–H groups in total. The largest absolute Gasteiger partial charge is 0.418 e. The Morgan fingerprint density at radius 2 is 1.68 bits per heavy atom. The predicted octanol–water partition coefficient (Wildman–Crippen LogP) is 4.60. The van der Waals surface area contributed by atoms with Crippen LogP contribution in [-0.4, -0.2) is 19.8 Å². The Hall–Kier alpha value is -0.920. The van der Waals surface area contributed by atoms with E-state index < -0.39 is 30.1 Å². The van der Waals surface area contributed by atoms with Crippen molar-refractivity contribution < 1.29 is 26.3 Å². The molecule has 0 saturated carbocycles. The number of anilines is 1. The maximum Gasteiger partial charge on any atom is 0.418 e. The molecule has 1 aromatic carbocycles. The van der Waals surface area contributed by atoms with Crippen LogP contribution in [0.4, 0.5) is 32.0 Å². The van der Waals surface area contributed by atoms with E-state index in [2.05, 4.69) is 15.9 Å². The second kappa shape index (κ2) is 5.60. The number of benzene rings is 1. The van der Waals surface area contributed by atoms with Crippen molar-refractivity contribution in [2.24, 2.45) is 0 Å². The van der Waals surface area contributed by atoms with Gasteiger partial charge in [0.2, 0.25) is 0 Å². The number of halogens is 7. The molecular weight excluding hydrogens is 340 g/mol. The van der Waals surface area contributed by atoms with Crippen LogP contribution in [0.1, 0.15) is 11.1 Å². The molecule has 8 heteroatoms. The summed E-state index contributed by atoms with van der Waals surface area (Å²) in [5, 5.41) is 0.194. The third-order valence-electron chi connectivity index (χ3n) is 2.35. The van der Waals surface area contributed by atoms with Crippen LogP contribution >= 0.6 is 15.9 Å². The second-order valence-corrected chi connectivity index (χ2v) is 4.51. The lowest BCUT2D eigenvalue weighted by atomic mass is 10.1. The molecule has 1 rings (SSSR count). The molecule has 1 aromatic rings.